The minimum Gasteiger partial charge on any atom is -0.325 e. The van der Waals surface area contributed by atoms with Crippen LogP contribution in [0, 0.1) is 11.6 Å². The number of nitrogens with one attached hydrogen (secondary N) is 2. The molecule has 1 aromatic carbocycles. The molecule has 1 fully saturated rings. The quantitative estimate of drug-likeness (QED) is 0.558. The molecule has 0 radical (unpaired) electrons. The Kier molecular flexibility index (Phi) is 5.56. The van der Waals surface area contributed by atoms with Crippen molar-refractivity contribution in [3.63, 3.8) is 0 Å². The maximum absolute atomic E-state index is 13.5. The average molecular weight is 434 g/mol. The number of carbonyl (C=O) groups excluding carboxylic acids is 1. The molecule has 2 N–H and O–H groups in total. The van der Waals surface area contributed by atoms with E-state index in [1.165, 1.54) is 18.2 Å². The minimum absolute atomic E-state index is 0.0256. The predicted molar refractivity (Wildman–Crippen MR) is 96.6 cm³/mol. The Morgan fingerprint density at radius 3 is 2.92 bits per heavy atom. The van der Waals surface area contributed by atoms with Crippen LogP contribution in [0.5, 0.6) is 0 Å². The summed E-state index contributed by atoms with van der Waals surface area (Å²) in [5.41, 5.74) is 0.218. The molecule has 1 saturated heterocycles. The molecule has 1 aromatic heterocycles. The highest BCUT2D eigenvalue weighted by Crippen LogP contribution is 2.33. The van der Waals surface area contributed by atoms with Crippen LogP contribution in [0.3, 0.4) is 0 Å². The summed E-state index contributed by atoms with van der Waals surface area (Å²) in [6, 6.07) is 5.99. The van der Waals surface area contributed by atoms with Crippen molar-refractivity contribution in [2.24, 2.45) is 0 Å². The van der Waals surface area contributed by atoms with Gasteiger partial charge in [-0.2, -0.15) is 0 Å². The number of hydrogen-bond donors (Lipinski definition) is 2. The number of hydrogen-bond acceptors (Lipinski definition) is 5. The molecule has 0 saturated carbocycles. The van der Waals surface area contributed by atoms with Gasteiger partial charge in [-0.3, -0.25) is 4.79 Å². The number of benzene rings is 1. The first-order valence-corrected chi connectivity index (χ1v) is 9.54. The first-order chi connectivity index (χ1) is 11.5. The van der Waals surface area contributed by atoms with Crippen LogP contribution >= 0.6 is 39.4 Å². The van der Waals surface area contributed by atoms with Gasteiger partial charge in [-0.1, -0.05) is 6.07 Å². The van der Waals surface area contributed by atoms with E-state index in [-0.39, 0.29) is 22.1 Å². The molecule has 0 unspecified atom stereocenters. The lowest BCUT2D eigenvalue weighted by atomic mass is 10.1. The zero-order chi connectivity index (χ0) is 17.3. The van der Waals surface area contributed by atoms with Crippen molar-refractivity contribution in [3.05, 3.63) is 50.6 Å². The number of rotatable bonds is 3. The lowest BCUT2D eigenvalue weighted by Gasteiger charge is -2.35. The zero-order valence-electron chi connectivity index (χ0n) is 12.6. The Morgan fingerprint density at radius 1 is 1.46 bits per heavy atom. The smallest absolute Gasteiger partial charge is 0.242 e. The molecule has 2 aromatic rings. The summed E-state index contributed by atoms with van der Waals surface area (Å²) in [6.07, 6.45) is 0.584. The number of anilines is 1. The van der Waals surface area contributed by atoms with Gasteiger partial charge in [0.05, 0.1) is 10.5 Å². The molecule has 0 aliphatic carbocycles. The van der Waals surface area contributed by atoms with Gasteiger partial charge in [-0.25, -0.2) is 17.8 Å². The van der Waals surface area contributed by atoms with Crippen molar-refractivity contribution in [1.29, 1.82) is 0 Å². The van der Waals surface area contributed by atoms with Gasteiger partial charge in [-0.05, 0) is 46.9 Å². The van der Waals surface area contributed by atoms with E-state index in [0.29, 0.717) is 6.42 Å². The summed E-state index contributed by atoms with van der Waals surface area (Å²) in [7, 11) is 1.81. The van der Waals surface area contributed by atoms with Crippen molar-refractivity contribution < 1.29 is 13.6 Å². The highest BCUT2D eigenvalue weighted by atomic mass is 79.9. The first kappa shape index (κ1) is 17.8. The van der Waals surface area contributed by atoms with Gasteiger partial charge >= 0.3 is 0 Å². The molecule has 1 amide bonds. The molecule has 4 nitrogen and oxygen atoms in total. The Morgan fingerprint density at radius 2 is 2.25 bits per heavy atom. The van der Waals surface area contributed by atoms with Gasteiger partial charge in [0, 0.05) is 28.8 Å². The monoisotopic (exact) mass is 433 g/mol. The third-order valence-corrected chi connectivity index (χ3v) is 6.17. The summed E-state index contributed by atoms with van der Waals surface area (Å²) in [6.45, 7) is 0. The van der Waals surface area contributed by atoms with Crippen molar-refractivity contribution in [2.45, 2.75) is 18.5 Å². The normalized spacial score (nSPS) is 21.7. The Balaban J connectivity index is 1.73. The van der Waals surface area contributed by atoms with Crippen LogP contribution in [-0.4, -0.2) is 23.3 Å². The lowest BCUT2D eigenvalue weighted by Crippen LogP contribution is -2.45. The molecule has 0 spiro atoms. The van der Waals surface area contributed by atoms with E-state index in [2.05, 4.69) is 26.0 Å². The van der Waals surface area contributed by atoms with Crippen molar-refractivity contribution in [2.75, 3.05) is 12.4 Å². The Hall–Kier alpha value is -1.00. The molecule has 0 bridgehead atoms. The van der Waals surface area contributed by atoms with Gasteiger partial charge in [0.1, 0.15) is 6.04 Å². The molecule has 2 atom stereocenters. The van der Waals surface area contributed by atoms with Gasteiger partial charge in [-0.15, -0.1) is 11.3 Å². The molecule has 3 rings (SSSR count). The molecular formula is C15H14BrF2N3OS2. The topological polar surface area (TPSA) is 44.4 Å². The van der Waals surface area contributed by atoms with E-state index in [1.807, 2.05) is 28.9 Å². The number of halogens is 3. The molecule has 1 aliphatic heterocycles. The van der Waals surface area contributed by atoms with Gasteiger partial charge in [0.15, 0.2) is 11.6 Å². The third-order valence-electron chi connectivity index (χ3n) is 3.68. The number of thiophene rings is 1. The Bertz CT molecular complexity index is 721. The Labute approximate surface area is 155 Å². The standard InChI is InChI=1S/C15H14BrF2N3OS2/c1-21-12(7-11(20-24-21)13-3-2-4-23-13)15(22)19-8-5-9(16)14(18)10(17)6-8/h2-6,11-12,20H,7H2,1H3,(H,19,22)/t11-,12+/m1/s1. The minimum atomic E-state index is -1.01. The molecule has 128 valence electrons. The van der Waals surface area contributed by atoms with E-state index in [9.17, 15) is 13.6 Å². The lowest BCUT2D eigenvalue weighted by molar-refractivity contribution is -0.119. The van der Waals surface area contributed by atoms with E-state index in [1.54, 1.807) is 11.3 Å². The summed E-state index contributed by atoms with van der Waals surface area (Å²) in [5, 5.41) is 4.66. The summed E-state index contributed by atoms with van der Waals surface area (Å²) in [5.74, 6) is -2.24. The maximum atomic E-state index is 13.5. The van der Waals surface area contributed by atoms with Crippen LogP contribution in [0.25, 0.3) is 0 Å². The third kappa shape index (κ3) is 3.80. The highest BCUT2D eigenvalue weighted by Gasteiger charge is 2.33. The van der Waals surface area contributed by atoms with Crippen LogP contribution in [0.15, 0.2) is 34.1 Å². The second-order valence-corrected chi connectivity index (χ2v) is 8.15. The van der Waals surface area contributed by atoms with Crippen LogP contribution in [0.4, 0.5) is 14.5 Å². The molecule has 24 heavy (non-hydrogen) atoms. The number of likely N-dealkylation sites (N-methyl/N-ethyl adjacent to an activating group) is 1. The number of carbonyl (C=O) groups is 1. The van der Waals surface area contributed by atoms with Crippen LogP contribution in [-0.2, 0) is 4.79 Å². The summed E-state index contributed by atoms with van der Waals surface area (Å²) >= 11 is 5.94. The van der Waals surface area contributed by atoms with E-state index >= 15 is 0 Å². The maximum Gasteiger partial charge on any atom is 0.242 e. The van der Waals surface area contributed by atoms with Crippen molar-refractivity contribution >= 4 is 51.0 Å². The van der Waals surface area contributed by atoms with Gasteiger partial charge < -0.3 is 5.32 Å². The van der Waals surface area contributed by atoms with Gasteiger partial charge in [0.25, 0.3) is 0 Å². The fraction of sp³-hybridized carbons (Fsp3) is 0.267. The summed E-state index contributed by atoms with van der Waals surface area (Å²) < 4.78 is 31.9. The molecule has 1 aliphatic rings. The van der Waals surface area contributed by atoms with Gasteiger partial charge in [0.2, 0.25) is 5.91 Å². The van der Waals surface area contributed by atoms with Crippen molar-refractivity contribution in [3.8, 4) is 0 Å². The summed E-state index contributed by atoms with van der Waals surface area (Å²) in [4.78, 5) is 13.7. The average Bonchev–Trinajstić information content (AvgIpc) is 3.07. The molecule has 2 heterocycles. The van der Waals surface area contributed by atoms with Crippen LogP contribution in [0.1, 0.15) is 17.3 Å². The second-order valence-electron chi connectivity index (χ2n) is 5.32. The van der Waals surface area contributed by atoms with E-state index in [0.717, 1.165) is 10.9 Å². The molecular weight excluding hydrogens is 420 g/mol. The first-order valence-electron chi connectivity index (χ1n) is 7.10. The number of amides is 1. The van der Waals surface area contributed by atoms with Crippen LogP contribution in [0.2, 0.25) is 0 Å². The SMILES string of the molecule is CN1SN[C@@H](c2cccs2)C[C@H]1C(=O)Nc1cc(F)c(F)c(Br)c1. The largest absolute Gasteiger partial charge is 0.325 e. The van der Waals surface area contributed by atoms with E-state index in [4.69, 9.17) is 0 Å². The fourth-order valence-electron chi connectivity index (χ4n) is 2.42. The fourth-order valence-corrected chi connectivity index (χ4v) is 4.55. The number of nitrogens with zero attached hydrogens (tertiary/aromatic N) is 1. The second kappa shape index (κ2) is 7.49. The predicted octanol–water partition coefficient (Wildman–Crippen LogP) is 4.33. The molecule has 9 heteroatoms. The van der Waals surface area contributed by atoms with Crippen molar-refractivity contribution in [1.82, 2.24) is 9.03 Å². The van der Waals surface area contributed by atoms with Crippen LogP contribution < -0.4 is 10.0 Å². The van der Waals surface area contributed by atoms with E-state index < -0.39 is 17.7 Å². The highest BCUT2D eigenvalue weighted by molar-refractivity contribution is 9.10. The zero-order valence-corrected chi connectivity index (χ0v) is 15.8.